The molecule has 0 saturated carbocycles. The fraction of sp³-hybridized carbons (Fsp3) is 0.562. The molecule has 23 heavy (non-hydrogen) atoms. The molecule has 0 radical (unpaired) electrons. The van der Waals surface area contributed by atoms with Crippen LogP contribution in [-0.4, -0.2) is 61.0 Å². The summed E-state index contributed by atoms with van der Waals surface area (Å²) in [7, 11) is 0. The zero-order valence-corrected chi connectivity index (χ0v) is 13.6. The van der Waals surface area contributed by atoms with E-state index in [0.29, 0.717) is 25.3 Å². The van der Waals surface area contributed by atoms with E-state index in [1.54, 1.807) is 26.0 Å². The van der Waals surface area contributed by atoms with E-state index >= 15 is 0 Å². The quantitative estimate of drug-likeness (QED) is 0.764. The van der Waals surface area contributed by atoms with Gasteiger partial charge in [0.05, 0.1) is 24.5 Å². The summed E-state index contributed by atoms with van der Waals surface area (Å²) in [6, 6.07) is 4.05. The molecule has 1 unspecified atom stereocenters. The Kier molecular flexibility index (Phi) is 5.92. The Morgan fingerprint density at radius 3 is 2.78 bits per heavy atom. The predicted molar refractivity (Wildman–Crippen MR) is 86.0 cm³/mol. The lowest BCUT2D eigenvalue weighted by atomic mass is 10.1. The monoisotopic (exact) mass is 325 g/mol. The maximum Gasteiger partial charge on any atom is 0.319 e. The first kappa shape index (κ1) is 17.7. The van der Waals surface area contributed by atoms with Gasteiger partial charge < -0.3 is 20.5 Å². The highest BCUT2D eigenvalue weighted by Gasteiger charge is 2.26. The van der Waals surface area contributed by atoms with Gasteiger partial charge in [0.25, 0.3) is 0 Å². The number of halogens is 1. The number of para-hydroxylation sites is 1. The van der Waals surface area contributed by atoms with Crippen LogP contribution in [0.1, 0.15) is 12.5 Å². The number of amides is 2. The summed E-state index contributed by atoms with van der Waals surface area (Å²) < 4.78 is 18.9. The second-order valence-electron chi connectivity index (χ2n) is 6.12. The predicted octanol–water partition coefficient (Wildman–Crippen LogP) is 1.34. The van der Waals surface area contributed by atoms with Crippen LogP contribution >= 0.6 is 0 Å². The Morgan fingerprint density at radius 2 is 2.13 bits per heavy atom. The number of aliphatic hydroxyl groups is 1. The second-order valence-corrected chi connectivity index (χ2v) is 6.12. The summed E-state index contributed by atoms with van der Waals surface area (Å²) in [6.07, 6.45) is 0. The average Bonchev–Trinajstić information content (AvgIpc) is 2.50. The molecule has 128 valence electrons. The summed E-state index contributed by atoms with van der Waals surface area (Å²) in [5, 5.41) is 15.5. The molecule has 0 aliphatic carbocycles. The Balaban J connectivity index is 1.83. The summed E-state index contributed by atoms with van der Waals surface area (Å²) in [4.78, 5) is 14.0. The molecule has 1 saturated heterocycles. The van der Waals surface area contributed by atoms with Gasteiger partial charge in [-0.3, -0.25) is 4.90 Å². The highest BCUT2D eigenvalue weighted by atomic mass is 19.1. The SMILES string of the molecule is Cc1cccc(F)c1NC(=O)NCC(C)(O)CN1CCOCC1. The van der Waals surface area contributed by atoms with Crippen molar-refractivity contribution in [2.24, 2.45) is 0 Å². The highest BCUT2D eigenvalue weighted by Crippen LogP contribution is 2.18. The van der Waals surface area contributed by atoms with Crippen LogP contribution < -0.4 is 10.6 Å². The normalized spacial score (nSPS) is 18.3. The van der Waals surface area contributed by atoms with Gasteiger partial charge in [-0.2, -0.15) is 0 Å². The lowest BCUT2D eigenvalue weighted by Gasteiger charge is -2.33. The number of morpholine rings is 1. The molecule has 1 aliphatic rings. The topological polar surface area (TPSA) is 73.8 Å². The number of aryl methyl sites for hydroxylation is 1. The molecule has 1 atom stereocenters. The molecule has 0 aromatic heterocycles. The van der Waals surface area contributed by atoms with Crippen LogP contribution in [0.15, 0.2) is 18.2 Å². The highest BCUT2D eigenvalue weighted by molar-refractivity contribution is 5.90. The molecule has 7 heteroatoms. The molecule has 6 nitrogen and oxygen atoms in total. The van der Waals surface area contributed by atoms with Crippen molar-refractivity contribution < 1.29 is 19.0 Å². The van der Waals surface area contributed by atoms with Crippen LogP contribution in [0.4, 0.5) is 14.9 Å². The zero-order chi connectivity index (χ0) is 16.9. The Hall–Kier alpha value is -1.70. The fourth-order valence-electron chi connectivity index (χ4n) is 2.52. The van der Waals surface area contributed by atoms with Gasteiger partial charge >= 0.3 is 6.03 Å². The number of urea groups is 1. The van der Waals surface area contributed by atoms with Gasteiger partial charge in [-0.15, -0.1) is 0 Å². The van der Waals surface area contributed by atoms with Crippen molar-refractivity contribution >= 4 is 11.7 Å². The third kappa shape index (κ3) is 5.46. The number of rotatable bonds is 5. The molecule has 0 bridgehead atoms. The molecule has 1 aromatic carbocycles. The molecular formula is C16H24FN3O3. The van der Waals surface area contributed by atoms with E-state index in [9.17, 15) is 14.3 Å². The van der Waals surface area contributed by atoms with Crippen molar-refractivity contribution in [1.82, 2.24) is 10.2 Å². The van der Waals surface area contributed by atoms with Crippen molar-refractivity contribution in [3.05, 3.63) is 29.6 Å². The first-order valence-corrected chi connectivity index (χ1v) is 7.70. The van der Waals surface area contributed by atoms with E-state index in [4.69, 9.17) is 4.74 Å². The van der Waals surface area contributed by atoms with Gasteiger partial charge in [-0.05, 0) is 25.5 Å². The summed E-state index contributed by atoms with van der Waals surface area (Å²) in [5.74, 6) is -0.486. The first-order chi connectivity index (χ1) is 10.9. The van der Waals surface area contributed by atoms with Crippen LogP contribution in [0.3, 0.4) is 0 Å². The van der Waals surface area contributed by atoms with Crippen LogP contribution in [0.5, 0.6) is 0 Å². The number of hydrogen-bond acceptors (Lipinski definition) is 4. The number of nitrogens with one attached hydrogen (secondary N) is 2. The van der Waals surface area contributed by atoms with Crippen LogP contribution in [0.25, 0.3) is 0 Å². The van der Waals surface area contributed by atoms with Gasteiger partial charge in [-0.1, -0.05) is 12.1 Å². The second kappa shape index (κ2) is 7.72. The minimum Gasteiger partial charge on any atom is -0.387 e. The molecule has 2 amide bonds. The van der Waals surface area contributed by atoms with Gasteiger partial charge in [0.2, 0.25) is 0 Å². The minimum absolute atomic E-state index is 0.0731. The summed E-state index contributed by atoms with van der Waals surface area (Å²) in [5.41, 5.74) is -0.281. The third-order valence-corrected chi connectivity index (χ3v) is 3.76. The largest absolute Gasteiger partial charge is 0.387 e. The number of ether oxygens (including phenoxy) is 1. The minimum atomic E-state index is -1.07. The Labute approximate surface area is 135 Å². The van der Waals surface area contributed by atoms with Crippen molar-refractivity contribution in [2.75, 3.05) is 44.7 Å². The fourth-order valence-corrected chi connectivity index (χ4v) is 2.52. The molecular weight excluding hydrogens is 301 g/mol. The van der Waals surface area contributed by atoms with E-state index < -0.39 is 17.4 Å². The van der Waals surface area contributed by atoms with Crippen LogP contribution in [0, 0.1) is 12.7 Å². The molecule has 2 rings (SSSR count). The number of nitrogens with zero attached hydrogens (tertiary/aromatic N) is 1. The molecule has 1 heterocycles. The Morgan fingerprint density at radius 1 is 1.43 bits per heavy atom. The number of carbonyl (C=O) groups is 1. The van der Waals surface area contributed by atoms with E-state index in [-0.39, 0.29) is 12.2 Å². The van der Waals surface area contributed by atoms with Crippen molar-refractivity contribution in [1.29, 1.82) is 0 Å². The smallest absolute Gasteiger partial charge is 0.319 e. The Bertz CT molecular complexity index is 525. The van der Waals surface area contributed by atoms with E-state index in [2.05, 4.69) is 15.5 Å². The van der Waals surface area contributed by atoms with E-state index in [1.807, 2.05) is 0 Å². The van der Waals surface area contributed by atoms with E-state index in [0.717, 1.165) is 13.1 Å². The van der Waals surface area contributed by atoms with E-state index in [1.165, 1.54) is 6.07 Å². The molecule has 1 fully saturated rings. The lowest BCUT2D eigenvalue weighted by Crippen LogP contribution is -2.51. The molecule has 3 N–H and O–H groups in total. The third-order valence-electron chi connectivity index (χ3n) is 3.76. The van der Waals surface area contributed by atoms with Crippen molar-refractivity contribution in [2.45, 2.75) is 19.4 Å². The lowest BCUT2D eigenvalue weighted by molar-refractivity contribution is -0.0205. The summed E-state index contributed by atoms with van der Waals surface area (Å²) >= 11 is 0. The van der Waals surface area contributed by atoms with Gasteiger partial charge in [0, 0.05) is 26.2 Å². The summed E-state index contributed by atoms with van der Waals surface area (Å²) in [6.45, 7) is 6.71. The van der Waals surface area contributed by atoms with Crippen molar-refractivity contribution in [3.8, 4) is 0 Å². The van der Waals surface area contributed by atoms with Crippen molar-refractivity contribution in [3.63, 3.8) is 0 Å². The van der Waals surface area contributed by atoms with Gasteiger partial charge in [0.1, 0.15) is 5.82 Å². The van der Waals surface area contributed by atoms with Crippen LogP contribution in [-0.2, 0) is 4.74 Å². The number of anilines is 1. The van der Waals surface area contributed by atoms with Gasteiger partial charge in [0.15, 0.2) is 0 Å². The maximum absolute atomic E-state index is 13.7. The van der Waals surface area contributed by atoms with Gasteiger partial charge in [-0.25, -0.2) is 9.18 Å². The average molecular weight is 325 g/mol. The number of hydrogen-bond donors (Lipinski definition) is 3. The number of β-amino-alcohol motifs (C(OH)–C–C–N with tert-alkyl or cyclic N) is 1. The first-order valence-electron chi connectivity index (χ1n) is 7.70. The molecule has 1 aliphatic heterocycles. The number of benzene rings is 1. The zero-order valence-electron chi connectivity index (χ0n) is 13.6. The van der Waals surface area contributed by atoms with Crippen LogP contribution in [0.2, 0.25) is 0 Å². The number of carbonyl (C=O) groups excluding carboxylic acids is 1. The molecule has 1 aromatic rings. The maximum atomic E-state index is 13.7. The molecule has 0 spiro atoms. The standard InChI is InChI=1S/C16H24FN3O3/c1-12-4-3-5-13(17)14(12)19-15(21)18-10-16(2,22)11-20-6-8-23-9-7-20/h3-5,22H,6-11H2,1-2H3,(H2,18,19,21).